The van der Waals surface area contributed by atoms with Crippen molar-refractivity contribution in [1.82, 2.24) is 4.57 Å². The topological polar surface area (TPSA) is 4.93 Å². The summed E-state index contributed by atoms with van der Waals surface area (Å²) in [6.45, 7) is 0. The molecule has 1 heterocycles. The monoisotopic (exact) mass is 595 g/mol. The molecule has 0 saturated heterocycles. The van der Waals surface area contributed by atoms with Gasteiger partial charge in [-0.3, -0.25) is 0 Å². The van der Waals surface area contributed by atoms with Crippen molar-refractivity contribution in [2.75, 3.05) is 0 Å². The van der Waals surface area contributed by atoms with Crippen LogP contribution in [0.2, 0.25) is 0 Å². The van der Waals surface area contributed by atoms with E-state index in [1.807, 2.05) is 0 Å². The lowest BCUT2D eigenvalue weighted by molar-refractivity contribution is 1.19. The standard InChI is InChI=1S/C46H29N/c1-3-9-34-25-36(17-13-30(34)7-1)37-18-14-32-15-19-38(27-40(32)26-37)39-20-16-33-22-24-45-46(43(33)29-39)42-11-5-6-12-44(42)47(45)41-23-21-31-8-2-4-10-35(31)28-41/h1-29H. The summed E-state index contributed by atoms with van der Waals surface area (Å²) in [5.41, 5.74) is 8.57. The Hall–Kier alpha value is -6.18. The Kier molecular flexibility index (Phi) is 5.64. The van der Waals surface area contributed by atoms with Gasteiger partial charge in [0.1, 0.15) is 0 Å². The van der Waals surface area contributed by atoms with Crippen LogP contribution in [0.1, 0.15) is 0 Å². The average Bonchev–Trinajstić information content (AvgIpc) is 3.48. The largest absolute Gasteiger partial charge is 0.309 e. The van der Waals surface area contributed by atoms with Gasteiger partial charge < -0.3 is 4.57 Å². The molecule has 0 fully saturated rings. The van der Waals surface area contributed by atoms with Crippen molar-refractivity contribution < 1.29 is 0 Å². The zero-order valence-electron chi connectivity index (χ0n) is 25.7. The van der Waals surface area contributed by atoms with Crippen molar-refractivity contribution in [2.45, 2.75) is 0 Å². The highest BCUT2D eigenvalue weighted by Gasteiger charge is 2.16. The molecule has 10 aromatic rings. The van der Waals surface area contributed by atoms with Crippen LogP contribution in [0.15, 0.2) is 176 Å². The minimum absolute atomic E-state index is 1.18. The molecule has 1 aromatic heterocycles. The third-order valence-electron chi connectivity index (χ3n) is 9.90. The molecule has 0 radical (unpaired) electrons. The van der Waals surface area contributed by atoms with Gasteiger partial charge in [-0.15, -0.1) is 0 Å². The highest BCUT2D eigenvalue weighted by Crippen LogP contribution is 2.39. The number of nitrogens with zero attached hydrogens (tertiary/aromatic N) is 1. The maximum Gasteiger partial charge on any atom is 0.0547 e. The summed E-state index contributed by atoms with van der Waals surface area (Å²) < 4.78 is 2.42. The maximum absolute atomic E-state index is 2.42. The molecule has 0 saturated carbocycles. The molecule has 47 heavy (non-hydrogen) atoms. The fourth-order valence-electron chi connectivity index (χ4n) is 7.54. The van der Waals surface area contributed by atoms with E-state index in [1.165, 1.54) is 92.8 Å². The van der Waals surface area contributed by atoms with Crippen molar-refractivity contribution in [3.05, 3.63) is 176 Å². The first-order valence-corrected chi connectivity index (χ1v) is 16.3. The maximum atomic E-state index is 2.42. The van der Waals surface area contributed by atoms with Gasteiger partial charge in [0.05, 0.1) is 11.0 Å². The molecule has 0 atom stereocenters. The second-order valence-electron chi connectivity index (χ2n) is 12.6. The van der Waals surface area contributed by atoms with Gasteiger partial charge in [-0.2, -0.15) is 0 Å². The van der Waals surface area contributed by atoms with Gasteiger partial charge in [-0.05, 0) is 114 Å². The van der Waals surface area contributed by atoms with Crippen LogP contribution in [-0.4, -0.2) is 4.57 Å². The van der Waals surface area contributed by atoms with Gasteiger partial charge in [0.2, 0.25) is 0 Å². The Bertz CT molecular complexity index is 2850. The number of hydrogen-bond acceptors (Lipinski definition) is 0. The lowest BCUT2D eigenvalue weighted by atomic mass is 9.95. The lowest BCUT2D eigenvalue weighted by Gasteiger charge is -2.11. The van der Waals surface area contributed by atoms with E-state index in [0.717, 1.165) is 0 Å². The Labute approximate surface area is 272 Å². The summed E-state index contributed by atoms with van der Waals surface area (Å²) in [5, 5.41) is 12.6. The first-order chi connectivity index (χ1) is 23.3. The quantitative estimate of drug-likeness (QED) is 0.191. The molecule has 0 aliphatic heterocycles. The highest BCUT2D eigenvalue weighted by atomic mass is 15.0. The van der Waals surface area contributed by atoms with E-state index in [4.69, 9.17) is 0 Å². The molecule has 1 heteroatoms. The van der Waals surface area contributed by atoms with Crippen LogP contribution in [0.25, 0.3) is 92.8 Å². The third kappa shape index (κ3) is 4.17. The van der Waals surface area contributed by atoms with Crippen LogP contribution >= 0.6 is 0 Å². The molecule has 0 spiro atoms. The van der Waals surface area contributed by atoms with Gasteiger partial charge in [0, 0.05) is 16.5 Å². The number of para-hydroxylation sites is 1. The molecular formula is C46H29N. The van der Waals surface area contributed by atoms with E-state index in [0.29, 0.717) is 0 Å². The van der Waals surface area contributed by atoms with E-state index in [9.17, 15) is 0 Å². The molecule has 218 valence electrons. The van der Waals surface area contributed by atoms with Gasteiger partial charge in [0.25, 0.3) is 0 Å². The average molecular weight is 596 g/mol. The SMILES string of the molecule is c1ccc2cc(-c3ccc4ccc(-c5ccc6ccc7c(c6c5)c5ccccc5n7-c5ccc6ccccc6c5)cc4c3)ccc2c1. The van der Waals surface area contributed by atoms with Gasteiger partial charge in [-0.1, -0.05) is 127 Å². The number of aromatic nitrogens is 1. The summed E-state index contributed by atoms with van der Waals surface area (Å²) in [6.07, 6.45) is 0. The molecule has 0 aliphatic rings. The molecule has 1 nitrogen and oxygen atoms in total. The Morgan fingerprint density at radius 3 is 1.47 bits per heavy atom. The van der Waals surface area contributed by atoms with Crippen molar-refractivity contribution in [3.8, 4) is 27.9 Å². The van der Waals surface area contributed by atoms with Crippen molar-refractivity contribution in [2.24, 2.45) is 0 Å². The molecule has 0 aliphatic carbocycles. The summed E-state index contributed by atoms with van der Waals surface area (Å²) in [5.74, 6) is 0. The van der Waals surface area contributed by atoms with Crippen molar-refractivity contribution in [1.29, 1.82) is 0 Å². The van der Waals surface area contributed by atoms with Crippen LogP contribution in [0.3, 0.4) is 0 Å². The summed E-state index contributed by atoms with van der Waals surface area (Å²) >= 11 is 0. The number of rotatable bonds is 3. The summed E-state index contributed by atoms with van der Waals surface area (Å²) in [4.78, 5) is 0. The third-order valence-corrected chi connectivity index (χ3v) is 9.90. The first kappa shape index (κ1) is 26.1. The van der Waals surface area contributed by atoms with Crippen LogP contribution in [-0.2, 0) is 0 Å². The van der Waals surface area contributed by atoms with Crippen molar-refractivity contribution >= 4 is 64.9 Å². The van der Waals surface area contributed by atoms with E-state index in [1.54, 1.807) is 0 Å². The molecule has 0 bridgehead atoms. The zero-order valence-corrected chi connectivity index (χ0v) is 25.7. The highest BCUT2D eigenvalue weighted by molar-refractivity contribution is 6.22. The van der Waals surface area contributed by atoms with Gasteiger partial charge in [-0.25, -0.2) is 0 Å². The van der Waals surface area contributed by atoms with E-state index < -0.39 is 0 Å². The lowest BCUT2D eigenvalue weighted by Crippen LogP contribution is -1.93. The summed E-state index contributed by atoms with van der Waals surface area (Å²) in [6, 6.07) is 64.7. The molecule has 0 N–H and O–H groups in total. The Morgan fingerprint density at radius 2 is 0.766 bits per heavy atom. The van der Waals surface area contributed by atoms with Crippen molar-refractivity contribution in [3.63, 3.8) is 0 Å². The molecular weight excluding hydrogens is 567 g/mol. The van der Waals surface area contributed by atoms with Crippen LogP contribution in [0.5, 0.6) is 0 Å². The normalized spacial score (nSPS) is 11.8. The number of benzene rings is 9. The first-order valence-electron chi connectivity index (χ1n) is 16.3. The molecule has 10 rings (SSSR count). The van der Waals surface area contributed by atoms with E-state index in [-0.39, 0.29) is 0 Å². The minimum atomic E-state index is 1.18. The van der Waals surface area contributed by atoms with Crippen LogP contribution < -0.4 is 0 Å². The van der Waals surface area contributed by atoms with Gasteiger partial charge >= 0.3 is 0 Å². The molecule has 0 amide bonds. The second-order valence-corrected chi connectivity index (χ2v) is 12.6. The molecule has 0 unspecified atom stereocenters. The van der Waals surface area contributed by atoms with Crippen LogP contribution in [0, 0.1) is 0 Å². The smallest absolute Gasteiger partial charge is 0.0547 e. The number of fused-ring (bicyclic) bond motifs is 8. The predicted octanol–water partition coefficient (Wildman–Crippen LogP) is 12.7. The molecule has 9 aromatic carbocycles. The fraction of sp³-hybridized carbons (Fsp3) is 0. The minimum Gasteiger partial charge on any atom is -0.309 e. The summed E-state index contributed by atoms with van der Waals surface area (Å²) in [7, 11) is 0. The number of hydrogen-bond donors (Lipinski definition) is 0. The van der Waals surface area contributed by atoms with E-state index >= 15 is 0 Å². The predicted molar refractivity (Wildman–Crippen MR) is 202 cm³/mol. The van der Waals surface area contributed by atoms with Gasteiger partial charge in [0.15, 0.2) is 0 Å². The Balaban J connectivity index is 1.14. The van der Waals surface area contributed by atoms with Crippen LogP contribution in [0.4, 0.5) is 0 Å². The zero-order chi connectivity index (χ0) is 30.9. The fourth-order valence-corrected chi connectivity index (χ4v) is 7.54. The second kappa shape index (κ2) is 10.2. The Morgan fingerprint density at radius 1 is 0.277 bits per heavy atom. The van der Waals surface area contributed by atoms with E-state index in [2.05, 4.69) is 180 Å².